The minimum atomic E-state index is -0.140. The van der Waals surface area contributed by atoms with Gasteiger partial charge in [-0.05, 0) is 40.8 Å². The normalized spacial score (nSPS) is 12.0. The molecule has 0 saturated carbocycles. The fourth-order valence-electron chi connectivity index (χ4n) is 2.38. The van der Waals surface area contributed by atoms with Crippen molar-refractivity contribution in [2.75, 3.05) is 5.32 Å². The van der Waals surface area contributed by atoms with Gasteiger partial charge in [0.25, 0.3) is 0 Å². The SMILES string of the molecule is CC(C)(C)c1ccc(/C=C/C(=O)Nc2ccc3ncsc3c2)cc1. The maximum Gasteiger partial charge on any atom is 0.248 e. The molecule has 0 bridgehead atoms. The van der Waals surface area contributed by atoms with Gasteiger partial charge in [-0.15, -0.1) is 11.3 Å². The van der Waals surface area contributed by atoms with Crippen molar-refractivity contribution in [1.82, 2.24) is 4.98 Å². The molecule has 122 valence electrons. The topological polar surface area (TPSA) is 42.0 Å². The van der Waals surface area contributed by atoms with E-state index in [-0.39, 0.29) is 11.3 Å². The van der Waals surface area contributed by atoms with Gasteiger partial charge in [0.2, 0.25) is 5.91 Å². The predicted octanol–water partition coefficient (Wildman–Crippen LogP) is 5.25. The highest BCUT2D eigenvalue weighted by Crippen LogP contribution is 2.23. The number of aromatic nitrogens is 1. The number of anilines is 1. The fourth-order valence-corrected chi connectivity index (χ4v) is 3.10. The molecule has 24 heavy (non-hydrogen) atoms. The lowest BCUT2D eigenvalue weighted by atomic mass is 9.87. The molecule has 3 aromatic rings. The van der Waals surface area contributed by atoms with Crippen LogP contribution in [0.3, 0.4) is 0 Å². The number of carbonyl (C=O) groups is 1. The van der Waals surface area contributed by atoms with Crippen LogP contribution in [0.1, 0.15) is 31.9 Å². The monoisotopic (exact) mass is 336 g/mol. The van der Waals surface area contributed by atoms with Crippen LogP contribution in [0.2, 0.25) is 0 Å². The van der Waals surface area contributed by atoms with E-state index in [1.807, 2.05) is 36.4 Å². The Hall–Kier alpha value is -2.46. The summed E-state index contributed by atoms with van der Waals surface area (Å²) >= 11 is 1.56. The predicted molar refractivity (Wildman–Crippen MR) is 102 cm³/mol. The van der Waals surface area contributed by atoms with Crippen molar-refractivity contribution >= 4 is 39.2 Å². The first-order valence-electron chi connectivity index (χ1n) is 7.85. The molecule has 3 nitrogen and oxygen atoms in total. The van der Waals surface area contributed by atoms with Gasteiger partial charge in [-0.2, -0.15) is 0 Å². The van der Waals surface area contributed by atoms with E-state index in [0.717, 1.165) is 21.5 Å². The number of carbonyl (C=O) groups excluding carboxylic acids is 1. The van der Waals surface area contributed by atoms with Crippen LogP contribution in [0.15, 0.2) is 54.1 Å². The van der Waals surface area contributed by atoms with Crippen LogP contribution in [0.4, 0.5) is 5.69 Å². The Balaban J connectivity index is 1.66. The van der Waals surface area contributed by atoms with E-state index in [1.165, 1.54) is 5.56 Å². The van der Waals surface area contributed by atoms with E-state index in [9.17, 15) is 4.79 Å². The number of benzene rings is 2. The smallest absolute Gasteiger partial charge is 0.248 e. The van der Waals surface area contributed by atoms with Crippen LogP contribution in [-0.4, -0.2) is 10.9 Å². The molecule has 1 amide bonds. The van der Waals surface area contributed by atoms with E-state index in [0.29, 0.717) is 0 Å². The van der Waals surface area contributed by atoms with Gasteiger partial charge in [-0.3, -0.25) is 4.79 Å². The van der Waals surface area contributed by atoms with E-state index in [1.54, 1.807) is 22.9 Å². The summed E-state index contributed by atoms with van der Waals surface area (Å²) in [6.45, 7) is 6.56. The summed E-state index contributed by atoms with van der Waals surface area (Å²) < 4.78 is 1.06. The van der Waals surface area contributed by atoms with Crippen LogP contribution >= 0.6 is 11.3 Å². The van der Waals surface area contributed by atoms with Crippen LogP contribution in [0.25, 0.3) is 16.3 Å². The first kappa shape index (κ1) is 16.4. The summed E-state index contributed by atoms with van der Waals surface area (Å²) in [5.74, 6) is -0.140. The third-order valence-corrected chi connectivity index (χ3v) is 4.59. The summed E-state index contributed by atoms with van der Waals surface area (Å²) in [6, 6.07) is 14.0. The van der Waals surface area contributed by atoms with Gasteiger partial charge in [0.1, 0.15) is 0 Å². The average Bonchev–Trinajstić information content (AvgIpc) is 3.00. The van der Waals surface area contributed by atoms with E-state index >= 15 is 0 Å². The Bertz CT molecular complexity index is 886. The van der Waals surface area contributed by atoms with Crippen LogP contribution in [0.5, 0.6) is 0 Å². The zero-order valence-corrected chi connectivity index (χ0v) is 14.9. The molecule has 0 aliphatic heterocycles. The lowest BCUT2D eigenvalue weighted by Crippen LogP contribution is -2.10. The molecule has 0 aliphatic rings. The van der Waals surface area contributed by atoms with Crippen LogP contribution in [-0.2, 0) is 10.2 Å². The average molecular weight is 336 g/mol. The molecule has 1 heterocycles. The number of amides is 1. The summed E-state index contributed by atoms with van der Waals surface area (Å²) in [5.41, 5.74) is 5.96. The van der Waals surface area contributed by atoms with Gasteiger partial charge >= 0.3 is 0 Å². The third kappa shape index (κ3) is 3.89. The summed E-state index contributed by atoms with van der Waals surface area (Å²) in [6.07, 6.45) is 3.38. The second-order valence-corrected chi connectivity index (χ2v) is 7.62. The van der Waals surface area contributed by atoms with E-state index < -0.39 is 0 Å². The quantitative estimate of drug-likeness (QED) is 0.664. The molecule has 0 radical (unpaired) electrons. The van der Waals surface area contributed by atoms with Gasteiger partial charge in [0.15, 0.2) is 0 Å². The first-order valence-corrected chi connectivity index (χ1v) is 8.73. The lowest BCUT2D eigenvalue weighted by molar-refractivity contribution is -0.111. The highest BCUT2D eigenvalue weighted by molar-refractivity contribution is 7.16. The Labute approximate surface area is 146 Å². The maximum atomic E-state index is 12.1. The van der Waals surface area contributed by atoms with Crippen LogP contribution < -0.4 is 5.32 Å². The molecule has 1 N–H and O–H groups in total. The Morgan fingerprint density at radius 2 is 1.88 bits per heavy atom. The first-order chi connectivity index (χ1) is 11.4. The summed E-state index contributed by atoms with van der Waals surface area (Å²) in [4.78, 5) is 16.3. The molecule has 1 aromatic heterocycles. The molecule has 0 unspecified atom stereocenters. The van der Waals surface area contributed by atoms with Crippen molar-refractivity contribution < 1.29 is 4.79 Å². The molecule has 4 heteroatoms. The van der Waals surface area contributed by atoms with Gasteiger partial charge in [-0.1, -0.05) is 45.0 Å². The van der Waals surface area contributed by atoms with Gasteiger partial charge < -0.3 is 5.32 Å². The van der Waals surface area contributed by atoms with Crippen molar-refractivity contribution in [1.29, 1.82) is 0 Å². The minimum absolute atomic E-state index is 0.134. The number of nitrogens with one attached hydrogen (secondary N) is 1. The molecule has 0 fully saturated rings. The molecular weight excluding hydrogens is 316 g/mol. The van der Waals surface area contributed by atoms with Crippen molar-refractivity contribution in [3.8, 4) is 0 Å². The zero-order chi connectivity index (χ0) is 17.2. The summed E-state index contributed by atoms with van der Waals surface area (Å²) in [7, 11) is 0. The highest BCUT2D eigenvalue weighted by Gasteiger charge is 2.12. The van der Waals surface area contributed by atoms with Gasteiger partial charge in [-0.25, -0.2) is 4.98 Å². The van der Waals surface area contributed by atoms with E-state index in [2.05, 4.69) is 43.2 Å². The summed E-state index contributed by atoms with van der Waals surface area (Å²) in [5, 5.41) is 2.88. The van der Waals surface area contributed by atoms with Crippen molar-refractivity contribution in [2.45, 2.75) is 26.2 Å². The Morgan fingerprint density at radius 1 is 1.12 bits per heavy atom. The van der Waals surface area contributed by atoms with Crippen molar-refractivity contribution in [3.05, 3.63) is 65.2 Å². The van der Waals surface area contributed by atoms with Gasteiger partial charge in [0.05, 0.1) is 15.7 Å². The molecule has 2 aromatic carbocycles. The number of rotatable bonds is 3. The Morgan fingerprint density at radius 3 is 2.58 bits per heavy atom. The minimum Gasteiger partial charge on any atom is -0.322 e. The Kier molecular flexibility index (Phi) is 4.49. The molecule has 3 rings (SSSR count). The lowest BCUT2D eigenvalue weighted by Gasteiger charge is -2.18. The number of thiazole rings is 1. The number of hydrogen-bond acceptors (Lipinski definition) is 3. The number of fused-ring (bicyclic) bond motifs is 1. The largest absolute Gasteiger partial charge is 0.322 e. The molecule has 0 atom stereocenters. The molecule has 0 saturated heterocycles. The molecular formula is C20H20N2OS. The number of nitrogens with zero attached hydrogens (tertiary/aromatic N) is 1. The second-order valence-electron chi connectivity index (χ2n) is 6.73. The number of hydrogen-bond donors (Lipinski definition) is 1. The highest BCUT2D eigenvalue weighted by atomic mass is 32.1. The molecule has 0 spiro atoms. The standard InChI is InChI=1S/C20H20N2OS/c1-20(2,3)15-7-4-14(5-8-15)6-11-19(23)22-16-9-10-17-18(12-16)24-13-21-17/h4-13H,1-3H3,(H,22,23)/b11-6+. The second kappa shape index (κ2) is 6.57. The third-order valence-electron chi connectivity index (χ3n) is 3.80. The van der Waals surface area contributed by atoms with Crippen molar-refractivity contribution in [3.63, 3.8) is 0 Å². The van der Waals surface area contributed by atoms with Crippen LogP contribution in [0, 0.1) is 0 Å². The van der Waals surface area contributed by atoms with E-state index in [4.69, 9.17) is 0 Å². The van der Waals surface area contributed by atoms with Gasteiger partial charge in [0, 0.05) is 11.8 Å². The maximum absolute atomic E-state index is 12.1. The molecule has 0 aliphatic carbocycles. The zero-order valence-electron chi connectivity index (χ0n) is 14.0. The fraction of sp³-hybridized carbons (Fsp3) is 0.200. The van der Waals surface area contributed by atoms with Crippen molar-refractivity contribution in [2.24, 2.45) is 0 Å².